The Kier molecular flexibility index (Phi) is 5.34. The zero-order chi connectivity index (χ0) is 15.1. The number of ether oxygens (including phenoxy) is 1. The summed E-state index contributed by atoms with van der Waals surface area (Å²) in [6, 6.07) is 15.5. The Morgan fingerprint density at radius 2 is 1.81 bits per heavy atom. The van der Waals surface area contributed by atoms with E-state index in [0.717, 1.165) is 21.3 Å². The van der Waals surface area contributed by atoms with Crippen molar-refractivity contribution in [2.24, 2.45) is 21.7 Å². The van der Waals surface area contributed by atoms with E-state index in [-0.39, 0.29) is 5.96 Å². The Hall–Kier alpha value is -2.34. The molecule has 0 saturated carbocycles. The predicted molar refractivity (Wildman–Crippen MR) is 88.3 cm³/mol. The number of benzene rings is 2. The molecule has 0 amide bonds. The van der Waals surface area contributed by atoms with Gasteiger partial charge in [0.1, 0.15) is 12.4 Å². The minimum absolute atomic E-state index is 0.0838. The van der Waals surface area contributed by atoms with Gasteiger partial charge in [-0.05, 0) is 29.8 Å². The quantitative estimate of drug-likeness (QED) is 0.495. The van der Waals surface area contributed by atoms with Gasteiger partial charge >= 0.3 is 0 Å². The van der Waals surface area contributed by atoms with Gasteiger partial charge in [-0.3, -0.25) is 0 Å². The van der Waals surface area contributed by atoms with E-state index in [2.05, 4.69) is 26.1 Å². The molecule has 0 radical (unpaired) electrons. The average molecular weight is 347 g/mol. The Bertz CT molecular complexity index is 649. The van der Waals surface area contributed by atoms with Crippen LogP contribution in [0.1, 0.15) is 11.1 Å². The van der Waals surface area contributed by atoms with Gasteiger partial charge in [0.2, 0.25) is 5.96 Å². The lowest BCUT2D eigenvalue weighted by Crippen LogP contribution is -2.21. The number of hydrogen-bond acceptors (Lipinski definition) is 3. The minimum Gasteiger partial charge on any atom is -0.488 e. The fourth-order valence-electron chi connectivity index (χ4n) is 1.62. The summed E-state index contributed by atoms with van der Waals surface area (Å²) < 4.78 is 6.84. The molecule has 0 unspecified atom stereocenters. The largest absolute Gasteiger partial charge is 0.488 e. The maximum absolute atomic E-state index is 5.80. The van der Waals surface area contributed by atoms with E-state index in [1.165, 1.54) is 0 Å². The second-order valence-electron chi connectivity index (χ2n) is 4.22. The van der Waals surface area contributed by atoms with Crippen molar-refractivity contribution in [2.45, 2.75) is 6.61 Å². The van der Waals surface area contributed by atoms with Crippen LogP contribution in [0.4, 0.5) is 0 Å². The number of para-hydroxylation sites is 1. The molecule has 0 aliphatic rings. The van der Waals surface area contributed by atoms with Crippen LogP contribution in [0.3, 0.4) is 0 Å². The SMILES string of the molecule is NC(N)=NN=Cc1ccccc1OCc1ccc(Br)cc1. The molecule has 108 valence electrons. The molecular weight excluding hydrogens is 332 g/mol. The van der Waals surface area contributed by atoms with E-state index < -0.39 is 0 Å². The number of nitrogens with two attached hydrogens (primary N) is 2. The number of rotatable bonds is 5. The van der Waals surface area contributed by atoms with E-state index in [0.29, 0.717) is 6.61 Å². The molecule has 0 spiro atoms. The number of guanidine groups is 1. The van der Waals surface area contributed by atoms with Crippen molar-refractivity contribution in [3.8, 4) is 5.75 Å². The summed E-state index contributed by atoms with van der Waals surface area (Å²) in [5.74, 6) is 0.634. The van der Waals surface area contributed by atoms with Crippen LogP contribution in [0.2, 0.25) is 0 Å². The first kappa shape index (κ1) is 15.1. The van der Waals surface area contributed by atoms with E-state index in [1.54, 1.807) is 6.21 Å². The Morgan fingerprint density at radius 3 is 2.52 bits per heavy atom. The molecule has 2 aromatic carbocycles. The van der Waals surface area contributed by atoms with Gasteiger partial charge in [-0.15, -0.1) is 5.10 Å². The van der Waals surface area contributed by atoms with Crippen molar-refractivity contribution >= 4 is 28.1 Å². The monoisotopic (exact) mass is 346 g/mol. The van der Waals surface area contributed by atoms with Gasteiger partial charge in [0.25, 0.3) is 0 Å². The minimum atomic E-state index is -0.0838. The Labute approximate surface area is 131 Å². The topological polar surface area (TPSA) is 86.0 Å². The van der Waals surface area contributed by atoms with E-state index in [9.17, 15) is 0 Å². The van der Waals surface area contributed by atoms with Crippen molar-refractivity contribution in [3.63, 3.8) is 0 Å². The van der Waals surface area contributed by atoms with Gasteiger partial charge in [-0.2, -0.15) is 5.10 Å². The molecule has 0 aromatic heterocycles. The third kappa shape index (κ3) is 4.92. The standard InChI is InChI=1S/C15H15BrN4O/c16-13-7-5-11(6-8-13)10-21-14-4-2-1-3-12(14)9-19-20-15(17)18/h1-9H,10H2,(H4,17,18,20). The van der Waals surface area contributed by atoms with Crippen LogP contribution in [0.15, 0.2) is 63.2 Å². The third-order valence-corrected chi connectivity index (χ3v) is 3.13. The van der Waals surface area contributed by atoms with Crippen LogP contribution >= 0.6 is 15.9 Å². The zero-order valence-electron chi connectivity index (χ0n) is 11.2. The van der Waals surface area contributed by atoms with Gasteiger partial charge in [0, 0.05) is 10.0 Å². The van der Waals surface area contributed by atoms with Crippen LogP contribution < -0.4 is 16.2 Å². The van der Waals surface area contributed by atoms with Gasteiger partial charge in [0.05, 0.1) is 6.21 Å². The molecule has 0 bridgehead atoms. The molecule has 6 heteroatoms. The van der Waals surface area contributed by atoms with Crippen LogP contribution in [0.5, 0.6) is 5.75 Å². The average Bonchev–Trinajstić information content (AvgIpc) is 2.47. The second-order valence-corrected chi connectivity index (χ2v) is 5.14. The van der Waals surface area contributed by atoms with Gasteiger partial charge in [-0.1, -0.05) is 40.2 Å². The zero-order valence-corrected chi connectivity index (χ0v) is 12.8. The first-order chi connectivity index (χ1) is 10.1. The highest BCUT2D eigenvalue weighted by atomic mass is 79.9. The summed E-state index contributed by atoms with van der Waals surface area (Å²) in [6.45, 7) is 0.473. The molecule has 0 aliphatic heterocycles. The maximum Gasteiger partial charge on any atom is 0.211 e. The molecule has 0 saturated heterocycles. The van der Waals surface area contributed by atoms with Crippen molar-refractivity contribution in [3.05, 3.63) is 64.1 Å². The van der Waals surface area contributed by atoms with Crippen molar-refractivity contribution in [1.82, 2.24) is 0 Å². The second kappa shape index (κ2) is 7.44. The van der Waals surface area contributed by atoms with Crippen LogP contribution in [0.25, 0.3) is 0 Å². The summed E-state index contributed by atoms with van der Waals surface area (Å²) in [7, 11) is 0. The van der Waals surface area contributed by atoms with Gasteiger partial charge in [-0.25, -0.2) is 0 Å². The van der Waals surface area contributed by atoms with Crippen LogP contribution in [0, 0.1) is 0 Å². The fraction of sp³-hybridized carbons (Fsp3) is 0.0667. The van der Waals surface area contributed by atoms with E-state index >= 15 is 0 Å². The van der Waals surface area contributed by atoms with Crippen molar-refractivity contribution in [1.29, 1.82) is 0 Å². The highest BCUT2D eigenvalue weighted by Gasteiger charge is 2.01. The Balaban J connectivity index is 2.07. The highest BCUT2D eigenvalue weighted by Crippen LogP contribution is 2.18. The molecule has 0 aliphatic carbocycles. The summed E-state index contributed by atoms with van der Waals surface area (Å²) in [5.41, 5.74) is 12.3. The molecule has 2 rings (SSSR count). The smallest absolute Gasteiger partial charge is 0.211 e. The van der Waals surface area contributed by atoms with E-state index in [4.69, 9.17) is 16.2 Å². The number of hydrogen-bond donors (Lipinski definition) is 2. The van der Waals surface area contributed by atoms with E-state index in [1.807, 2.05) is 48.5 Å². The van der Waals surface area contributed by atoms with Crippen LogP contribution in [-0.4, -0.2) is 12.2 Å². The highest BCUT2D eigenvalue weighted by molar-refractivity contribution is 9.10. The summed E-state index contributed by atoms with van der Waals surface area (Å²) >= 11 is 3.40. The predicted octanol–water partition coefficient (Wildman–Crippen LogP) is 2.64. The summed E-state index contributed by atoms with van der Waals surface area (Å²) in [6.07, 6.45) is 1.55. The third-order valence-electron chi connectivity index (χ3n) is 2.60. The fourth-order valence-corrected chi connectivity index (χ4v) is 1.88. The number of halogens is 1. The van der Waals surface area contributed by atoms with Gasteiger partial charge < -0.3 is 16.2 Å². The molecule has 5 nitrogen and oxygen atoms in total. The first-order valence-electron chi connectivity index (χ1n) is 6.23. The van der Waals surface area contributed by atoms with Gasteiger partial charge in [0.15, 0.2) is 0 Å². The lowest BCUT2D eigenvalue weighted by atomic mass is 10.2. The van der Waals surface area contributed by atoms with Crippen LogP contribution in [-0.2, 0) is 6.61 Å². The molecule has 0 heterocycles. The Morgan fingerprint density at radius 1 is 1.10 bits per heavy atom. The molecule has 4 N–H and O–H groups in total. The van der Waals surface area contributed by atoms with Crippen molar-refractivity contribution in [2.75, 3.05) is 0 Å². The lowest BCUT2D eigenvalue weighted by molar-refractivity contribution is 0.306. The first-order valence-corrected chi connectivity index (χ1v) is 7.02. The normalized spacial score (nSPS) is 10.5. The molecule has 21 heavy (non-hydrogen) atoms. The summed E-state index contributed by atoms with van der Waals surface area (Å²) in [5, 5.41) is 7.36. The molecule has 2 aromatic rings. The maximum atomic E-state index is 5.80. The molecule has 0 fully saturated rings. The number of nitrogens with zero attached hydrogens (tertiary/aromatic N) is 2. The molecular formula is C15H15BrN4O. The molecule has 0 atom stereocenters. The van der Waals surface area contributed by atoms with Crippen molar-refractivity contribution < 1.29 is 4.74 Å². The lowest BCUT2D eigenvalue weighted by Gasteiger charge is -2.08. The summed E-state index contributed by atoms with van der Waals surface area (Å²) in [4.78, 5) is 0.